The largest absolute Gasteiger partial charge is 0.486 e. The van der Waals surface area contributed by atoms with Gasteiger partial charge in [-0.05, 0) is 52.7 Å². The molecule has 0 bridgehead atoms. The smallest absolute Gasteiger partial charge is 0.242 e. The topological polar surface area (TPSA) is 64.6 Å². The lowest BCUT2D eigenvalue weighted by Crippen LogP contribution is -2.27. The third kappa shape index (κ3) is 3.52. The van der Waals surface area contributed by atoms with Gasteiger partial charge in [0.05, 0.1) is 4.90 Å². The van der Waals surface area contributed by atoms with Crippen LogP contribution in [0.1, 0.15) is 18.5 Å². The van der Waals surface area contributed by atoms with Crippen molar-refractivity contribution in [3.63, 3.8) is 0 Å². The third-order valence-electron chi connectivity index (χ3n) is 3.52. The van der Waals surface area contributed by atoms with Crippen LogP contribution in [0, 0.1) is 0 Å². The van der Waals surface area contributed by atoms with Crippen LogP contribution in [0.15, 0.2) is 51.8 Å². The Morgan fingerprint density at radius 3 is 2.52 bits per heavy atom. The van der Waals surface area contributed by atoms with Crippen LogP contribution in [0.4, 0.5) is 0 Å². The zero-order valence-corrected chi connectivity index (χ0v) is 14.9. The summed E-state index contributed by atoms with van der Waals surface area (Å²) in [5.41, 5.74) is 0.810. The van der Waals surface area contributed by atoms with Crippen LogP contribution in [0.5, 0.6) is 11.5 Å². The van der Waals surface area contributed by atoms with E-state index in [4.69, 9.17) is 9.47 Å². The molecule has 1 N–H and O–H groups in total. The quantitative estimate of drug-likeness (QED) is 0.859. The maximum Gasteiger partial charge on any atom is 0.242 e. The van der Waals surface area contributed by atoms with Crippen molar-refractivity contribution in [2.24, 2.45) is 0 Å². The lowest BCUT2D eigenvalue weighted by molar-refractivity contribution is 0.171. The van der Waals surface area contributed by atoms with Gasteiger partial charge in [-0.1, -0.05) is 18.2 Å². The van der Waals surface area contributed by atoms with Gasteiger partial charge in [-0.3, -0.25) is 0 Å². The Kier molecular flexibility index (Phi) is 4.61. The molecule has 0 saturated heterocycles. The molecule has 7 heteroatoms. The van der Waals surface area contributed by atoms with E-state index < -0.39 is 16.1 Å². The molecule has 1 unspecified atom stereocenters. The second-order valence-electron chi connectivity index (χ2n) is 5.18. The van der Waals surface area contributed by atoms with Gasteiger partial charge in [0.2, 0.25) is 10.0 Å². The molecule has 2 aromatic carbocycles. The highest BCUT2D eigenvalue weighted by Gasteiger charge is 2.22. The van der Waals surface area contributed by atoms with Crippen LogP contribution >= 0.6 is 15.9 Å². The van der Waals surface area contributed by atoms with Crippen LogP contribution in [0.3, 0.4) is 0 Å². The van der Waals surface area contributed by atoms with Crippen molar-refractivity contribution in [1.29, 1.82) is 0 Å². The first kappa shape index (κ1) is 16.3. The number of ether oxygens (including phenoxy) is 2. The monoisotopic (exact) mass is 397 g/mol. The average Bonchev–Trinajstić information content (AvgIpc) is 2.54. The number of hydrogen-bond donors (Lipinski definition) is 1. The van der Waals surface area contributed by atoms with E-state index in [0.29, 0.717) is 29.2 Å². The molecule has 1 aliphatic rings. The van der Waals surface area contributed by atoms with E-state index in [2.05, 4.69) is 20.7 Å². The zero-order valence-electron chi connectivity index (χ0n) is 12.5. The van der Waals surface area contributed by atoms with Gasteiger partial charge in [0.25, 0.3) is 0 Å². The summed E-state index contributed by atoms with van der Waals surface area (Å²) in [6.07, 6.45) is 0. The van der Waals surface area contributed by atoms with Crippen molar-refractivity contribution in [1.82, 2.24) is 4.72 Å². The lowest BCUT2D eigenvalue weighted by atomic mass is 10.1. The first-order chi connectivity index (χ1) is 11.0. The number of halogens is 1. The van der Waals surface area contributed by atoms with Gasteiger partial charge >= 0.3 is 0 Å². The second kappa shape index (κ2) is 6.51. The van der Waals surface area contributed by atoms with Crippen LogP contribution in [0.25, 0.3) is 0 Å². The fraction of sp³-hybridized carbons (Fsp3) is 0.250. The summed E-state index contributed by atoms with van der Waals surface area (Å²) >= 11 is 3.27. The SMILES string of the molecule is CC(NS(=O)(=O)c1ccccc1Br)c1ccc2c(c1)OCCO2. The second-order valence-corrected chi connectivity index (χ2v) is 7.71. The van der Waals surface area contributed by atoms with E-state index in [1.807, 2.05) is 12.1 Å². The van der Waals surface area contributed by atoms with Gasteiger partial charge in [0.15, 0.2) is 11.5 Å². The number of rotatable bonds is 4. The van der Waals surface area contributed by atoms with Gasteiger partial charge in [-0.2, -0.15) is 0 Å². The molecule has 3 rings (SSSR count). The van der Waals surface area contributed by atoms with Crippen LogP contribution in [-0.2, 0) is 10.0 Å². The van der Waals surface area contributed by atoms with E-state index >= 15 is 0 Å². The molecule has 0 aromatic heterocycles. The highest BCUT2D eigenvalue weighted by molar-refractivity contribution is 9.10. The average molecular weight is 398 g/mol. The molecule has 122 valence electrons. The molecule has 1 aliphatic heterocycles. The molecule has 0 spiro atoms. The molecule has 1 atom stereocenters. The van der Waals surface area contributed by atoms with Gasteiger partial charge < -0.3 is 9.47 Å². The van der Waals surface area contributed by atoms with E-state index in [1.165, 1.54) is 0 Å². The van der Waals surface area contributed by atoms with Crippen LogP contribution < -0.4 is 14.2 Å². The van der Waals surface area contributed by atoms with Gasteiger partial charge in [0.1, 0.15) is 13.2 Å². The Bertz CT molecular complexity index is 823. The maximum absolute atomic E-state index is 12.5. The van der Waals surface area contributed by atoms with Crippen molar-refractivity contribution in [3.05, 3.63) is 52.5 Å². The fourth-order valence-corrected chi connectivity index (χ4v) is 4.59. The Morgan fingerprint density at radius 1 is 1.09 bits per heavy atom. The molecular weight excluding hydrogens is 382 g/mol. The number of fused-ring (bicyclic) bond motifs is 1. The van der Waals surface area contributed by atoms with Crippen molar-refractivity contribution in [2.45, 2.75) is 17.9 Å². The van der Waals surface area contributed by atoms with E-state index in [0.717, 1.165) is 5.56 Å². The number of nitrogens with one attached hydrogen (secondary N) is 1. The highest BCUT2D eigenvalue weighted by atomic mass is 79.9. The maximum atomic E-state index is 12.5. The molecule has 2 aromatic rings. The van der Waals surface area contributed by atoms with Crippen molar-refractivity contribution < 1.29 is 17.9 Å². The molecule has 0 saturated carbocycles. The zero-order chi connectivity index (χ0) is 16.4. The normalized spacial score (nSPS) is 15.2. The van der Waals surface area contributed by atoms with E-state index in [-0.39, 0.29) is 4.90 Å². The van der Waals surface area contributed by atoms with Crippen molar-refractivity contribution in [2.75, 3.05) is 13.2 Å². The molecule has 0 radical (unpaired) electrons. The van der Waals surface area contributed by atoms with E-state index in [1.54, 1.807) is 37.3 Å². The summed E-state index contributed by atoms with van der Waals surface area (Å²) in [5.74, 6) is 1.32. The molecule has 5 nitrogen and oxygen atoms in total. The Morgan fingerprint density at radius 2 is 1.78 bits per heavy atom. The first-order valence-corrected chi connectivity index (χ1v) is 9.41. The molecule has 23 heavy (non-hydrogen) atoms. The minimum Gasteiger partial charge on any atom is -0.486 e. The fourth-order valence-electron chi connectivity index (χ4n) is 2.36. The predicted molar refractivity (Wildman–Crippen MR) is 90.3 cm³/mol. The minimum atomic E-state index is -3.63. The summed E-state index contributed by atoms with van der Waals surface area (Å²) < 4.78 is 39.3. The number of sulfonamides is 1. The predicted octanol–water partition coefficient (Wildman–Crippen LogP) is 3.26. The number of hydrogen-bond acceptors (Lipinski definition) is 4. The molecule has 0 aliphatic carbocycles. The summed E-state index contributed by atoms with van der Waals surface area (Å²) in [6, 6.07) is 11.8. The third-order valence-corrected chi connectivity index (χ3v) is 6.08. The van der Waals surface area contributed by atoms with Crippen molar-refractivity contribution >= 4 is 26.0 Å². The van der Waals surface area contributed by atoms with Crippen LogP contribution in [0.2, 0.25) is 0 Å². The summed E-state index contributed by atoms with van der Waals surface area (Å²) in [5, 5.41) is 0. The van der Waals surface area contributed by atoms with Gasteiger partial charge in [-0.15, -0.1) is 0 Å². The summed E-state index contributed by atoms with van der Waals surface area (Å²) in [7, 11) is -3.63. The Hall–Kier alpha value is -1.57. The summed E-state index contributed by atoms with van der Waals surface area (Å²) in [4.78, 5) is 0.212. The first-order valence-electron chi connectivity index (χ1n) is 7.14. The van der Waals surface area contributed by atoms with Gasteiger partial charge in [-0.25, -0.2) is 13.1 Å². The van der Waals surface area contributed by atoms with Gasteiger partial charge in [0, 0.05) is 10.5 Å². The van der Waals surface area contributed by atoms with E-state index in [9.17, 15) is 8.42 Å². The number of benzene rings is 2. The highest BCUT2D eigenvalue weighted by Crippen LogP contribution is 2.33. The summed E-state index contributed by atoms with van der Waals surface area (Å²) in [6.45, 7) is 2.81. The lowest BCUT2D eigenvalue weighted by Gasteiger charge is -2.21. The molecule has 0 fully saturated rings. The van der Waals surface area contributed by atoms with Crippen molar-refractivity contribution in [3.8, 4) is 11.5 Å². The molecular formula is C16H16BrNO4S. The Labute approximate surface area is 143 Å². The molecule has 1 heterocycles. The minimum absolute atomic E-state index is 0.212. The Balaban J connectivity index is 1.84. The van der Waals surface area contributed by atoms with Crippen LogP contribution in [-0.4, -0.2) is 21.6 Å². The standard InChI is InChI=1S/C16H16BrNO4S/c1-11(12-6-7-14-15(10-12)22-9-8-21-14)18-23(19,20)16-5-3-2-4-13(16)17/h2-7,10-11,18H,8-9H2,1H3. The molecule has 0 amide bonds.